The number of imide groups is 1. The minimum absolute atomic E-state index is 0.0766. The van der Waals surface area contributed by atoms with Crippen LogP contribution < -0.4 is 9.64 Å². The monoisotopic (exact) mass is 459 g/mol. The Balaban J connectivity index is 1.30. The summed E-state index contributed by atoms with van der Waals surface area (Å²) in [6.07, 6.45) is 0. The zero-order valence-electron chi connectivity index (χ0n) is 19.0. The van der Waals surface area contributed by atoms with Gasteiger partial charge in [0.1, 0.15) is 11.6 Å². The first kappa shape index (κ1) is 22.1. The van der Waals surface area contributed by atoms with Crippen LogP contribution in [-0.2, 0) is 13.1 Å². The van der Waals surface area contributed by atoms with E-state index < -0.39 is 5.82 Å². The molecule has 2 amide bonds. The molecule has 0 atom stereocenters. The molecular formula is C27H26FN3O3. The fraction of sp³-hybridized carbons (Fsp3) is 0.259. The lowest BCUT2D eigenvalue weighted by Crippen LogP contribution is -2.46. The Hall–Kier alpha value is -3.71. The molecule has 0 aliphatic carbocycles. The van der Waals surface area contributed by atoms with Gasteiger partial charge in [-0.15, -0.1) is 0 Å². The van der Waals surface area contributed by atoms with Gasteiger partial charge < -0.3 is 9.64 Å². The molecule has 0 N–H and O–H groups in total. The van der Waals surface area contributed by atoms with Crippen LogP contribution in [0, 0.1) is 5.82 Å². The number of rotatable bonds is 6. The van der Waals surface area contributed by atoms with Gasteiger partial charge in [-0.25, -0.2) is 4.39 Å². The van der Waals surface area contributed by atoms with Gasteiger partial charge in [0, 0.05) is 38.3 Å². The van der Waals surface area contributed by atoms with Crippen molar-refractivity contribution in [2.45, 2.75) is 13.1 Å². The molecule has 6 nitrogen and oxygen atoms in total. The maximum Gasteiger partial charge on any atom is 0.263 e. The Bertz CT molecular complexity index is 1240. The fourth-order valence-electron chi connectivity index (χ4n) is 4.70. The normalized spacial score (nSPS) is 16.2. The average molecular weight is 460 g/mol. The molecule has 2 heterocycles. The van der Waals surface area contributed by atoms with E-state index >= 15 is 0 Å². The van der Waals surface area contributed by atoms with Crippen LogP contribution >= 0.6 is 0 Å². The molecule has 1 saturated heterocycles. The summed E-state index contributed by atoms with van der Waals surface area (Å²) in [6, 6.07) is 19.7. The summed E-state index contributed by atoms with van der Waals surface area (Å²) in [7, 11) is 1.67. The lowest BCUT2D eigenvalue weighted by Gasteiger charge is -2.36. The highest BCUT2D eigenvalue weighted by atomic mass is 19.1. The molecule has 3 aromatic carbocycles. The number of amides is 2. The number of ether oxygens (including phenoxy) is 1. The van der Waals surface area contributed by atoms with Crippen molar-refractivity contribution in [1.82, 2.24) is 9.80 Å². The summed E-state index contributed by atoms with van der Waals surface area (Å²) in [4.78, 5) is 32.0. The second-order valence-electron chi connectivity index (χ2n) is 8.60. The molecule has 0 unspecified atom stereocenters. The molecular weight excluding hydrogens is 433 g/mol. The van der Waals surface area contributed by atoms with Crippen LogP contribution in [0.25, 0.3) is 0 Å². The van der Waals surface area contributed by atoms with Crippen molar-refractivity contribution in [2.75, 3.05) is 38.2 Å². The molecule has 2 aliphatic rings. The Labute approximate surface area is 198 Å². The molecule has 0 saturated carbocycles. The molecule has 7 heteroatoms. The maximum atomic E-state index is 14.2. The number of hydrogen-bond donors (Lipinski definition) is 0. The van der Waals surface area contributed by atoms with Crippen molar-refractivity contribution in [2.24, 2.45) is 0 Å². The summed E-state index contributed by atoms with van der Waals surface area (Å²) in [5.74, 6) is -0.315. The van der Waals surface area contributed by atoms with E-state index in [0.717, 1.165) is 49.1 Å². The Morgan fingerprint density at radius 2 is 1.62 bits per heavy atom. The number of fused-ring (bicyclic) bond motifs is 1. The molecule has 2 aliphatic heterocycles. The van der Waals surface area contributed by atoms with Crippen molar-refractivity contribution in [3.8, 4) is 5.75 Å². The van der Waals surface area contributed by atoms with Gasteiger partial charge in [0.25, 0.3) is 11.8 Å². The lowest BCUT2D eigenvalue weighted by molar-refractivity contribution is 0.0641. The lowest BCUT2D eigenvalue weighted by atomic mass is 10.1. The van der Waals surface area contributed by atoms with E-state index in [2.05, 4.69) is 15.9 Å². The summed E-state index contributed by atoms with van der Waals surface area (Å²) in [6.45, 7) is 3.91. The van der Waals surface area contributed by atoms with E-state index in [0.29, 0.717) is 16.7 Å². The minimum atomic E-state index is -0.425. The molecule has 174 valence electrons. The highest BCUT2D eigenvalue weighted by Gasteiger charge is 2.39. The number of carbonyl (C=O) groups is 2. The summed E-state index contributed by atoms with van der Waals surface area (Å²) in [5.41, 5.74) is 3.10. The zero-order chi connectivity index (χ0) is 23.7. The van der Waals surface area contributed by atoms with E-state index in [9.17, 15) is 14.0 Å². The second-order valence-corrected chi connectivity index (χ2v) is 8.60. The molecule has 34 heavy (non-hydrogen) atoms. The van der Waals surface area contributed by atoms with Gasteiger partial charge in [-0.3, -0.25) is 19.4 Å². The Kier molecular flexibility index (Phi) is 6.02. The first-order valence-corrected chi connectivity index (χ1v) is 11.4. The number of hydrogen-bond acceptors (Lipinski definition) is 5. The van der Waals surface area contributed by atoms with E-state index in [1.54, 1.807) is 31.4 Å². The molecule has 0 aromatic heterocycles. The van der Waals surface area contributed by atoms with Crippen molar-refractivity contribution >= 4 is 17.5 Å². The fourth-order valence-corrected chi connectivity index (χ4v) is 4.70. The maximum absolute atomic E-state index is 14.2. The Morgan fingerprint density at radius 3 is 2.38 bits per heavy atom. The quantitative estimate of drug-likeness (QED) is 0.523. The number of nitrogens with zero attached hydrogens (tertiary/aromatic N) is 3. The van der Waals surface area contributed by atoms with Crippen molar-refractivity contribution in [1.29, 1.82) is 0 Å². The van der Waals surface area contributed by atoms with E-state index in [1.165, 1.54) is 11.6 Å². The van der Waals surface area contributed by atoms with Crippen molar-refractivity contribution in [3.05, 3.63) is 94.8 Å². The van der Waals surface area contributed by atoms with Gasteiger partial charge in [-0.05, 0) is 35.9 Å². The third kappa shape index (κ3) is 4.15. The summed E-state index contributed by atoms with van der Waals surface area (Å²) in [5, 5.41) is 0. The number of anilines is 1. The summed E-state index contributed by atoms with van der Waals surface area (Å²) >= 11 is 0. The highest BCUT2D eigenvalue weighted by Crippen LogP contribution is 2.33. The van der Waals surface area contributed by atoms with Crippen LogP contribution in [0.1, 0.15) is 31.8 Å². The largest absolute Gasteiger partial charge is 0.497 e. The molecule has 0 bridgehead atoms. The topological polar surface area (TPSA) is 53.1 Å². The van der Waals surface area contributed by atoms with Gasteiger partial charge in [0.15, 0.2) is 0 Å². The molecule has 1 fully saturated rings. The van der Waals surface area contributed by atoms with Crippen molar-refractivity contribution < 1.29 is 18.7 Å². The van der Waals surface area contributed by atoms with E-state index in [4.69, 9.17) is 4.74 Å². The predicted molar refractivity (Wildman–Crippen MR) is 128 cm³/mol. The average Bonchev–Trinajstić information content (AvgIpc) is 3.11. The zero-order valence-corrected chi connectivity index (χ0v) is 19.0. The number of halogens is 1. The van der Waals surface area contributed by atoms with Crippen molar-refractivity contribution in [3.63, 3.8) is 0 Å². The molecule has 0 spiro atoms. The van der Waals surface area contributed by atoms with Gasteiger partial charge >= 0.3 is 0 Å². The number of methoxy groups -OCH3 is 1. The second kappa shape index (κ2) is 9.27. The third-order valence-corrected chi connectivity index (χ3v) is 6.52. The van der Waals surface area contributed by atoms with Gasteiger partial charge in [0.05, 0.1) is 30.5 Å². The molecule has 0 radical (unpaired) electrons. The smallest absolute Gasteiger partial charge is 0.263 e. The standard InChI is InChI=1S/C27H26FN3O3/c1-34-21-8-4-6-19(16-21)17-29-12-14-30(15-13-29)24-11-5-9-22-25(24)27(33)31(26(22)32)18-20-7-2-3-10-23(20)28/h2-11,16H,12-15,17-18H2,1H3. The number of carbonyl (C=O) groups excluding carboxylic acids is 2. The van der Waals surface area contributed by atoms with Crippen LogP contribution in [0.15, 0.2) is 66.7 Å². The Morgan fingerprint density at radius 1 is 0.853 bits per heavy atom. The van der Waals surface area contributed by atoms with Gasteiger partial charge in [-0.2, -0.15) is 0 Å². The molecule has 5 rings (SSSR count). The van der Waals surface area contributed by atoms with Crippen LogP contribution in [0.2, 0.25) is 0 Å². The summed E-state index contributed by atoms with van der Waals surface area (Å²) < 4.78 is 19.5. The first-order chi connectivity index (χ1) is 16.5. The number of benzene rings is 3. The first-order valence-electron chi connectivity index (χ1n) is 11.4. The van der Waals surface area contributed by atoms with Gasteiger partial charge in [-0.1, -0.05) is 36.4 Å². The van der Waals surface area contributed by atoms with Gasteiger partial charge in [0.2, 0.25) is 0 Å². The number of piperazine rings is 1. The molecule has 3 aromatic rings. The van der Waals surface area contributed by atoms with Crippen LogP contribution in [0.3, 0.4) is 0 Å². The highest BCUT2D eigenvalue weighted by molar-refractivity contribution is 6.23. The van der Waals surface area contributed by atoms with Crippen LogP contribution in [0.4, 0.5) is 10.1 Å². The van der Waals surface area contributed by atoms with E-state index in [-0.39, 0.29) is 18.4 Å². The van der Waals surface area contributed by atoms with Crippen LogP contribution in [-0.4, -0.2) is 54.9 Å². The third-order valence-electron chi connectivity index (χ3n) is 6.52. The predicted octanol–water partition coefficient (Wildman–Crippen LogP) is 3.95. The van der Waals surface area contributed by atoms with E-state index in [1.807, 2.05) is 30.3 Å². The SMILES string of the molecule is COc1cccc(CN2CCN(c3cccc4c3C(=O)N(Cc3ccccc3F)C4=O)CC2)c1. The minimum Gasteiger partial charge on any atom is -0.497 e. The van der Waals surface area contributed by atoms with Crippen LogP contribution in [0.5, 0.6) is 5.75 Å².